The van der Waals surface area contributed by atoms with E-state index in [-0.39, 0.29) is 29.3 Å². The van der Waals surface area contributed by atoms with Gasteiger partial charge in [-0.25, -0.2) is 8.42 Å². The Kier molecular flexibility index (Phi) is 8.94. The Morgan fingerprint density at radius 2 is 1.71 bits per heavy atom. The molecule has 1 amide bonds. The minimum Gasteiger partial charge on any atom is -0.350 e. The lowest BCUT2D eigenvalue weighted by Crippen LogP contribution is -2.39. The van der Waals surface area contributed by atoms with Crippen molar-refractivity contribution < 1.29 is 13.2 Å². The number of halogens is 1. The van der Waals surface area contributed by atoms with Crippen LogP contribution in [-0.4, -0.2) is 33.5 Å². The van der Waals surface area contributed by atoms with Gasteiger partial charge in [0.05, 0.1) is 4.90 Å². The van der Waals surface area contributed by atoms with Crippen molar-refractivity contribution >= 4 is 34.0 Å². The van der Waals surface area contributed by atoms with Gasteiger partial charge in [-0.1, -0.05) is 30.7 Å². The first-order chi connectivity index (χ1) is 12.7. The number of anilines is 1. The highest BCUT2D eigenvalue weighted by Crippen LogP contribution is 2.19. The quantitative estimate of drug-likeness (QED) is 0.605. The molecule has 2 rings (SSSR count). The average Bonchev–Trinajstić information content (AvgIpc) is 2.62. The molecule has 0 saturated heterocycles. The molecular weight excluding hydrogens is 398 g/mol. The predicted molar refractivity (Wildman–Crippen MR) is 116 cm³/mol. The van der Waals surface area contributed by atoms with Gasteiger partial charge < -0.3 is 10.6 Å². The van der Waals surface area contributed by atoms with Crippen molar-refractivity contribution in [1.29, 1.82) is 0 Å². The molecule has 1 atom stereocenters. The van der Waals surface area contributed by atoms with Crippen molar-refractivity contribution in [2.24, 2.45) is 0 Å². The summed E-state index contributed by atoms with van der Waals surface area (Å²) in [5, 5.41) is 6.06. The summed E-state index contributed by atoms with van der Waals surface area (Å²) in [5.41, 5.74) is 2.59. The van der Waals surface area contributed by atoms with Gasteiger partial charge in [0.2, 0.25) is 0 Å². The van der Waals surface area contributed by atoms with Gasteiger partial charge in [-0.05, 0) is 57.1 Å². The molecule has 154 valence electrons. The fourth-order valence-electron chi connectivity index (χ4n) is 2.61. The lowest BCUT2D eigenvalue weighted by molar-refractivity contribution is 0.0949. The second-order valence-corrected chi connectivity index (χ2v) is 8.30. The summed E-state index contributed by atoms with van der Waals surface area (Å²) < 4.78 is 27.9. The van der Waals surface area contributed by atoms with E-state index in [1.165, 1.54) is 12.1 Å². The summed E-state index contributed by atoms with van der Waals surface area (Å²) in [7, 11) is -3.78. The van der Waals surface area contributed by atoms with Crippen LogP contribution in [0.15, 0.2) is 47.4 Å². The molecule has 0 aliphatic carbocycles. The molecule has 2 aromatic rings. The molecule has 0 aromatic heterocycles. The summed E-state index contributed by atoms with van der Waals surface area (Å²) in [6.45, 7) is 8.96. The first-order valence-corrected chi connectivity index (χ1v) is 10.4. The molecule has 0 unspecified atom stereocenters. The minimum absolute atomic E-state index is 0. The largest absolute Gasteiger partial charge is 0.350 e. The number of carbonyl (C=O) groups is 1. The van der Waals surface area contributed by atoms with Crippen LogP contribution in [0, 0.1) is 13.8 Å². The van der Waals surface area contributed by atoms with Crippen LogP contribution in [0.4, 0.5) is 5.69 Å². The fraction of sp³-hybridized carbons (Fsp3) is 0.350. The van der Waals surface area contributed by atoms with Gasteiger partial charge in [0.25, 0.3) is 15.9 Å². The van der Waals surface area contributed by atoms with Crippen molar-refractivity contribution in [3.8, 4) is 0 Å². The lowest BCUT2D eigenvalue weighted by atomic mass is 10.1. The number of likely N-dealkylation sites (N-methyl/N-ethyl adjacent to an activating group) is 1. The average molecular weight is 426 g/mol. The lowest BCUT2D eigenvalue weighted by Gasteiger charge is -2.15. The van der Waals surface area contributed by atoms with E-state index < -0.39 is 10.0 Å². The molecule has 0 spiro atoms. The van der Waals surface area contributed by atoms with Crippen molar-refractivity contribution in [1.82, 2.24) is 10.6 Å². The van der Waals surface area contributed by atoms with E-state index >= 15 is 0 Å². The van der Waals surface area contributed by atoms with E-state index in [1.807, 2.05) is 32.9 Å². The van der Waals surface area contributed by atoms with Crippen molar-refractivity contribution in [3.05, 3.63) is 59.2 Å². The molecule has 8 heteroatoms. The fourth-order valence-corrected chi connectivity index (χ4v) is 3.69. The normalized spacial score (nSPS) is 12.0. The maximum atomic E-state index is 12.7. The molecule has 0 radical (unpaired) electrons. The van der Waals surface area contributed by atoms with Gasteiger partial charge in [0, 0.05) is 23.8 Å². The molecule has 0 fully saturated rings. The molecule has 28 heavy (non-hydrogen) atoms. The Morgan fingerprint density at radius 3 is 2.32 bits per heavy atom. The van der Waals surface area contributed by atoms with Gasteiger partial charge in [-0.3, -0.25) is 9.52 Å². The summed E-state index contributed by atoms with van der Waals surface area (Å²) in [6.07, 6.45) is 0. The van der Waals surface area contributed by atoms with Crippen molar-refractivity contribution in [2.45, 2.75) is 38.6 Å². The zero-order chi connectivity index (χ0) is 20.0. The number of hydrogen-bond acceptors (Lipinski definition) is 4. The summed E-state index contributed by atoms with van der Waals surface area (Å²) in [5.74, 6) is -0.287. The Bertz CT molecular complexity index is 899. The van der Waals surface area contributed by atoms with Crippen LogP contribution in [0.1, 0.15) is 35.3 Å². The monoisotopic (exact) mass is 425 g/mol. The maximum Gasteiger partial charge on any atom is 0.261 e. The second kappa shape index (κ2) is 10.5. The maximum absolute atomic E-state index is 12.7. The highest BCUT2D eigenvalue weighted by Gasteiger charge is 2.18. The van der Waals surface area contributed by atoms with E-state index in [9.17, 15) is 13.2 Å². The van der Waals surface area contributed by atoms with Crippen LogP contribution >= 0.6 is 12.4 Å². The Morgan fingerprint density at radius 1 is 1.07 bits per heavy atom. The SMILES string of the molecule is CCN[C@H](C)CNC(=O)c1cc(S(=O)(=O)Nc2ccc(C)cc2)ccc1C.Cl. The highest BCUT2D eigenvalue weighted by molar-refractivity contribution is 7.92. The third-order valence-corrected chi connectivity index (χ3v) is 5.57. The number of sulfonamides is 1. The van der Waals surface area contributed by atoms with Crippen LogP contribution in [0.5, 0.6) is 0 Å². The van der Waals surface area contributed by atoms with E-state index in [1.54, 1.807) is 25.1 Å². The minimum atomic E-state index is -3.78. The molecule has 0 heterocycles. The van der Waals surface area contributed by atoms with Gasteiger partial charge in [-0.15, -0.1) is 12.4 Å². The molecule has 0 aliphatic heterocycles. The number of hydrogen-bond donors (Lipinski definition) is 3. The smallest absolute Gasteiger partial charge is 0.261 e. The summed E-state index contributed by atoms with van der Waals surface area (Å²) in [4.78, 5) is 12.5. The third kappa shape index (κ3) is 6.51. The summed E-state index contributed by atoms with van der Waals surface area (Å²) in [6, 6.07) is 11.8. The van der Waals surface area contributed by atoms with Gasteiger partial charge in [-0.2, -0.15) is 0 Å². The van der Waals surface area contributed by atoms with Crippen molar-refractivity contribution in [2.75, 3.05) is 17.8 Å². The van der Waals surface area contributed by atoms with Crippen LogP contribution in [0.25, 0.3) is 0 Å². The zero-order valence-electron chi connectivity index (χ0n) is 16.6. The van der Waals surface area contributed by atoms with E-state index in [0.717, 1.165) is 17.7 Å². The Balaban J connectivity index is 0.00000392. The highest BCUT2D eigenvalue weighted by atomic mass is 35.5. The zero-order valence-corrected chi connectivity index (χ0v) is 18.2. The Hall–Kier alpha value is -2.09. The number of aryl methyl sites for hydroxylation is 2. The van der Waals surface area contributed by atoms with Crippen LogP contribution in [-0.2, 0) is 10.0 Å². The Labute approximate surface area is 173 Å². The molecular formula is C20H28ClN3O3S. The number of benzene rings is 2. The van der Waals surface area contributed by atoms with E-state index in [2.05, 4.69) is 15.4 Å². The number of amides is 1. The molecule has 0 bridgehead atoms. The van der Waals surface area contributed by atoms with Crippen LogP contribution in [0.2, 0.25) is 0 Å². The molecule has 2 aromatic carbocycles. The third-order valence-electron chi connectivity index (χ3n) is 4.19. The predicted octanol–water partition coefficient (Wildman–Crippen LogP) is 3.25. The van der Waals surface area contributed by atoms with Gasteiger partial charge >= 0.3 is 0 Å². The number of nitrogens with one attached hydrogen (secondary N) is 3. The van der Waals surface area contributed by atoms with Crippen LogP contribution < -0.4 is 15.4 Å². The molecule has 3 N–H and O–H groups in total. The van der Waals surface area contributed by atoms with Crippen LogP contribution in [0.3, 0.4) is 0 Å². The van der Waals surface area contributed by atoms with E-state index in [4.69, 9.17) is 0 Å². The standard InChI is InChI=1S/C20H27N3O3S.ClH/c1-5-21-16(4)13-22-20(24)19-12-18(11-8-15(19)3)27(25,26)23-17-9-6-14(2)7-10-17;/h6-12,16,21,23H,5,13H2,1-4H3,(H,22,24);1H/t16-;/m1./s1. The van der Waals surface area contributed by atoms with Gasteiger partial charge in [0.15, 0.2) is 0 Å². The number of rotatable bonds is 8. The molecule has 0 aliphatic rings. The van der Waals surface area contributed by atoms with Crippen molar-refractivity contribution in [3.63, 3.8) is 0 Å². The first-order valence-electron chi connectivity index (χ1n) is 8.94. The molecule has 6 nitrogen and oxygen atoms in total. The summed E-state index contributed by atoms with van der Waals surface area (Å²) >= 11 is 0. The molecule has 0 saturated carbocycles. The number of carbonyl (C=O) groups excluding carboxylic acids is 1. The second-order valence-electron chi connectivity index (χ2n) is 6.62. The van der Waals surface area contributed by atoms with Gasteiger partial charge in [0.1, 0.15) is 0 Å². The van der Waals surface area contributed by atoms with E-state index in [0.29, 0.717) is 17.8 Å². The topological polar surface area (TPSA) is 87.3 Å². The first kappa shape index (κ1) is 23.9.